The fraction of sp³-hybridized carbons (Fsp3) is 0.286. The summed E-state index contributed by atoms with van der Waals surface area (Å²) in [7, 11) is 1.55. The van der Waals surface area contributed by atoms with Gasteiger partial charge in [-0.25, -0.2) is 4.79 Å². The molecule has 1 aliphatic rings. The Labute approximate surface area is 206 Å². The highest BCUT2D eigenvalue weighted by Gasteiger charge is 2.22. The van der Waals surface area contributed by atoms with E-state index in [0.717, 1.165) is 31.6 Å². The van der Waals surface area contributed by atoms with Crippen LogP contribution in [0.4, 0.5) is 21.9 Å². The molecule has 1 atom stereocenters. The molecule has 0 bridgehead atoms. The van der Waals surface area contributed by atoms with Crippen LogP contribution >= 0.6 is 0 Å². The van der Waals surface area contributed by atoms with E-state index in [-0.39, 0.29) is 11.9 Å². The molecule has 0 fully saturated rings. The lowest BCUT2D eigenvalue weighted by atomic mass is 9.98. The van der Waals surface area contributed by atoms with Gasteiger partial charge in [0.25, 0.3) is 5.91 Å². The van der Waals surface area contributed by atoms with Crippen molar-refractivity contribution >= 4 is 29.0 Å². The first-order valence-electron chi connectivity index (χ1n) is 12.0. The van der Waals surface area contributed by atoms with Crippen LogP contribution in [0.25, 0.3) is 0 Å². The van der Waals surface area contributed by atoms with Crippen LogP contribution in [0.15, 0.2) is 66.7 Å². The summed E-state index contributed by atoms with van der Waals surface area (Å²) in [5.41, 5.74) is 5.11. The predicted octanol–water partition coefficient (Wildman–Crippen LogP) is 5.43. The molecule has 4 rings (SSSR count). The van der Waals surface area contributed by atoms with Crippen molar-refractivity contribution in [3.63, 3.8) is 0 Å². The van der Waals surface area contributed by atoms with Gasteiger partial charge in [0.2, 0.25) is 0 Å². The Hall–Kier alpha value is -4.00. The quantitative estimate of drug-likeness (QED) is 0.428. The van der Waals surface area contributed by atoms with Crippen LogP contribution in [0.5, 0.6) is 5.75 Å². The van der Waals surface area contributed by atoms with Gasteiger partial charge in [0.1, 0.15) is 5.75 Å². The number of anilines is 3. The van der Waals surface area contributed by atoms with Gasteiger partial charge in [-0.15, -0.1) is 0 Å². The number of rotatable bonds is 7. The molecule has 0 radical (unpaired) electrons. The minimum absolute atomic E-state index is 0.0443. The van der Waals surface area contributed by atoms with Crippen molar-refractivity contribution < 1.29 is 14.3 Å². The molecule has 0 saturated heterocycles. The normalized spacial score (nSPS) is 13.4. The van der Waals surface area contributed by atoms with Crippen LogP contribution in [0.1, 0.15) is 41.8 Å². The second-order valence-corrected chi connectivity index (χ2v) is 8.73. The van der Waals surface area contributed by atoms with Crippen molar-refractivity contribution in [3.8, 4) is 5.75 Å². The largest absolute Gasteiger partial charge is 0.495 e. The molecule has 3 N–H and O–H groups in total. The van der Waals surface area contributed by atoms with Gasteiger partial charge in [-0.1, -0.05) is 43.3 Å². The van der Waals surface area contributed by atoms with Crippen LogP contribution < -0.4 is 25.6 Å². The highest BCUT2D eigenvalue weighted by molar-refractivity contribution is 6.04. The molecule has 7 nitrogen and oxygen atoms in total. The van der Waals surface area contributed by atoms with Gasteiger partial charge in [0.05, 0.1) is 18.4 Å². The third-order valence-corrected chi connectivity index (χ3v) is 6.32. The van der Waals surface area contributed by atoms with E-state index < -0.39 is 6.03 Å². The number of amides is 3. The highest BCUT2D eigenvalue weighted by Crippen LogP contribution is 2.30. The average Bonchev–Trinajstić information content (AvgIpc) is 2.88. The van der Waals surface area contributed by atoms with Crippen molar-refractivity contribution in [1.82, 2.24) is 5.32 Å². The number of carbonyl (C=O) groups is 2. The van der Waals surface area contributed by atoms with Gasteiger partial charge < -0.3 is 25.6 Å². The minimum Gasteiger partial charge on any atom is -0.495 e. The van der Waals surface area contributed by atoms with Crippen molar-refractivity contribution in [2.24, 2.45) is 0 Å². The number of carbonyl (C=O) groups excluding carboxylic acids is 2. The first-order valence-corrected chi connectivity index (χ1v) is 12.0. The van der Waals surface area contributed by atoms with Crippen LogP contribution in [-0.2, 0) is 13.0 Å². The number of nitrogens with zero attached hydrogens (tertiary/aromatic N) is 1. The molecule has 1 aliphatic heterocycles. The summed E-state index contributed by atoms with van der Waals surface area (Å²) in [6.07, 6.45) is 1.75. The maximum Gasteiger partial charge on any atom is 0.323 e. The van der Waals surface area contributed by atoms with Gasteiger partial charge in [-0.05, 0) is 61.2 Å². The topological polar surface area (TPSA) is 82.7 Å². The van der Waals surface area contributed by atoms with Gasteiger partial charge in [0, 0.05) is 30.5 Å². The smallest absolute Gasteiger partial charge is 0.323 e. The van der Waals surface area contributed by atoms with E-state index in [0.29, 0.717) is 22.7 Å². The molecule has 3 amide bonds. The highest BCUT2D eigenvalue weighted by atomic mass is 16.5. The van der Waals surface area contributed by atoms with Gasteiger partial charge in [-0.2, -0.15) is 0 Å². The minimum atomic E-state index is -0.414. The number of ether oxygens (including phenoxy) is 1. The molecular formula is C28H32N4O3. The van der Waals surface area contributed by atoms with E-state index in [4.69, 9.17) is 4.74 Å². The zero-order valence-electron chi connectivity index (χ0n) is 20.4. The summed E-state index contributed by atoms with van der Waals surface area (Å²) in [4.78, 5) is 28.2. The lowest BCUT2D eigenvalue weighted by Gasteiger charge is -2.32. The van der Waals surface area contributed by atoms with E-state index in [9.17, 15) is 9.59 Å². The molecular weight excluding hydrogens is 440 g/mol. The van der Waals surface area contributed by atoms with E-state index in [1.54, 1.807) is 25.3 Å². The van der Waals surface area contributed by atoms with Crippen molar-refractivity contribution in [2.75, 3.05) is 29.2 Å². The summed E-state index contributed by atoms with van der Waals surface area (Å²) in [5.74, 6) is 0.416. The van der Waals surface area contributed by atoms with Crippen molar-refractivity contribution in [2.45, 2.75) is 39.3 Å². The Bertz CT molecular complexity index is 1210. The molecule has 3 aromatic rings. The number of urea groups is 1. The maximum atomic E-state index is 13.3. The number of nitrogens with one attached hydrogen (secondary N) is 3. The Balaban J connectivity index is 1.58. The monoisotopic (exact) mass is 472 g/mol. The van der Waals surface area contributed by atoms with Crippen molar-refractivity contribution in [1.29, 1.82) is 0 Å². The third kappa shape index (κ3) is 5.74. The number of hydrogen-bond acceptors (Lipinski definition) is 4. The maximum absolute atomic E-state index is 13.3. The zero-order chi connectivity index (χ0) is 24.8. The second-order valence-electron chi connectivity index (χ2n) is 8.73. The molecule has 7 heteroatoms. The van der Waals surface area contributed by atoms with Gasteiger partial charge in [-0.3, -0.25) is 4.79 Å². The van der Waals surface area contributed by atoms with E-state index >= 15 is 0 Å². The summed E-state index contributed by atoms with van der Waals surface area (Å²) in [6, 6.07) is 20.7. The number of methoxy groups -OCH3 is 1. The van der Waals surface area contributed by atoms with Gasteiger partial charge >= 0.3 is 6.03 Å². The van der Waals surface area contributed by atoms with Crippen LogP contribution in [0, 0.1) is 0 Å². The molecule has 1 unspecified atom stereocenters. The summed E-state index contributed by atoms with van der Waals surface area (Å²) in [5, 5.41) is 8.72. The van der Waals surface area contributed by atoms with E-state index in [2.05, 4.69) is 39.0 Å². The Morgan fingerprint density at radius 2 is 1.74 bits per heavy atom. The number of fused-ring (bicyclic) bond motifs is 1. The number of para-hydroxylation sites is 2. The third-order valence-electron chi connectivity index (χ3n) is 6.32. The molecule has 35 heavy (non-hydrogen) atoms. The second kappa shape index (κ2) is 11.0. The van der Waals surface area contributed by atoms with E-state index in [1.165, 1.54) is 11.1 Å². The van der Waals surface area contributed by atoms with Crippen molar-refractivity contribution in [3.05, 3.63) is 83.4 Å². The van der Waals surface area contributed by atoms with E-state index in [1.807, 2.05) is 44.2 Å². The van der Waals surface area contributed by atoms with Crippen LogP contribution in [0.3, 0.4) is 0 Å². The molecule has 0 saturated carbocycles. The first-order chi connectivity index (χ1) is 17.0. The summed E-state index contributed by atoms with van der Waals surface area (Å²) < 4.78 is 5.30. The fourth-order valence-corrected chi connectivity index (χ4v) is 4.21. The molecule has 0 aliphatic carbocycles. The SMILES string of the molecule is CCC(C)NC(=O)c1cc(NC(=O)Nc2ccccc2OC)ccc1N1CCc2ccccc2C1. The summed E-state index contributed by atoms with van der Waals surface area (Å²) >= 11 is 0. The van der Waals surface area contributed by atoms with Crippen LogP contribution in [0.2, 0.25) is 0 Å². The Morgan fingerprint density at radius 1 is 1.00 bits per heavy atom. The summed E-state index contributed by atoms with van der Waals surface area (Å²) in [6.45, 7) is 5.58. The standard InChI is InChI=1S/C28H32N4O3/c1-4-19(2)29-27(33)23-17-22(30-28(34)31-24-11-7-8-12-26(24)35-3)13-14-25(23)32-16-15-20-9-5-6-10-21(20)18-32/h5-14,17,19H,4,15-16,18H2,1-3H3,(H,29,33)(H2,30,31,34). The zero-order valence-corrected chi connectivity index (χ0v) is 20.4. The lowest BCUT2D eigenvalue weighted by molar-refractivity contribution is 0.0939. The Kier molecular flexibility index (Phi) is 7.55. The van der Waals surface area contributed by atoms with Crippen LogP contribution in [-0.4, -0.2) is 31.6 Å². The molecule has 1 heterocycles. The molecule has 0 aromatic heterocycles. The average molecular weight is 473 g/mol. The molecule has 182 valence electrons. The predicted molar refractivity (Wildman–Crippen MR) is 140 cm³/mol. The number of hydrogen-bond donors (Lipinski definition) is 3. The first kappa shape index (κ1) is 24.1. The molecule has 3 aromatic carbocycles. The number of benzene rings is 3. The Morgan fingerprint density at radius 3 is 2.51 bits per heavy atom. The molecule has 0 spiro atoms. The fourth-order valence-electron chi connectivity index (χ4n) is 4.21. The van der Waals surface area contributed by atoms with Gasteiger partial charge in [0.15, 0.2) is 0 Å². The lowest BCUT2D eigenvalue weighted by Crippen LogP contribution is -2.36.